The van der Waals surface area contributed by atoms with Gasteiger partial charge in [0.2, 0.25) is 0 Å². The van der Waals surface area contributed by atoms with Crippen LogP contribution in [0, 0.1) is 0 Å². The Bertz CT molecular complexity index is 88.9. The monoisotopic (exact) mass is 130 g/mol. The maximum absolute atomic E-state index is 9.00. The highest BCUT2D eigenvalue weighted by molar-refractivity contribution is 4.90. The summed E-state index contributed by atoms with van der Waals surface area (Å²) in [4.78, 5) is 0. The Balaban J connectivity index is 3.26. The lowest BCUT2D eigenvalue weighted by Crippen LogP contribution is -2.08. The van der Waals surface area contributed by atoms with E-state index in [0.29, 0.717) is 12.8 Å². The molecule has 2 heteroatoms. The highest BCUT2D eigenvalue weighted by Crippen LogP contribution is 2.03. The lowest BCUT2D eigenvalue weighted by atomic mass is 10.1. The van der Waals surface area contributed by atoms with Gasteiger partial charge in [-0.05, 0) is 19.8 Å². The van der Waals surface area contributed by atoms with Crippen LogP contribution in [0.25, 0.3) is 0 Å². The maximum atomic E-state index is 9.00. The van der Waals surface area contributed by atoms with Crippen LogP contribution in [0.4, 0.5) is 0 Å². The fourth-order valence-corrected chi connectivity index (χ4v) is 0.653. The van der Waals surface area contributed by atoms with Crippen molar-refractivity contribution >= 4 is 0 Å². The first-order valence-electron chi connectivity index (χ1n) is 3.10. The third-order valence-electron chi connectivity index (χ3n) is 1.05. The van der Waals surface area contributed by atoms with Gasteiger partial charge in [0.25, 0.3) is 0 Å². The summed E-state index contributed by atoms with van der Waals surface area (Å²) in [6.07, 6.45) is 0.639. The van der Waals surface area contributed by atoms with Gasteiger partial charge in [-0.25, -0.2) is 0 Å². The average Bonchev–Trinajstić information content (AvgIpc) is 1.63. The normalized spacial score (nSPS) is 13.2. The van der Waals surface area contributed by atoms with Crippen LogP contribution in [0.2, 0.25) is 0 Å². The van der Waals surface area contributed by atoms with E-state index in [1.807, 2.05) is 6.92 Å². The van der Waals surface area contributed by atoms with Crippen molar-refractivity contribution < 1.29 is 10.2 Å². The van der Waals surface area contributed by atoms with Gasteiger partial charge in [0, 0.05) is 6.61 Å². The van der Waals surface area contributed by atoms with Crippen LogP contribution in [-0.4, -0.2) is 22.9 Å². The summed E-state index contributed by atoms with van der Waals surface area (Å²) >= 11 is 0. The SMILES string of the molecule is C=C(C)CC(O)CCO. The lowest BCUT2D eigenvalue weighted by molar-refractivity contribution is 0.133. The molecule has 0 saturated carbocycles. The van der Waals surface area contributed by atoms with E-state index in [0.717, 1.165) is 5.57 Å². The molecule has 0 aromatic carbocycles. The van der Waals surface area contributed by atoms with Gasteiger partial charge in [-0.2, -0.15) is 0 Å². The molecule has 0 radical (unpaired) electrons. The van der Waals surface area contributed by atoms with Gasteiger partial charge in [-0.1, -0.05) is 5.57 Å². The first-order valence-corrected chi connectivity index (χ1v) is 3.10. The minimum atomic E-state index is -0.410. The van der Waals surface area contributed by atoms with Crippen LogP contribution < -0.4 is 0 Å². The second-order valence-corrected chi connectivity index (χ2v) is 2.33. The Kier molecular flexibility index (Phi) is 4.36. The van der Waals surface area contributed by atoms with E-state index >= 15 is 0 Å². The van der Waals surface area contributed by atoms with E-state index in [1.54, 1.807) is 0 Å². The van der Waals surface area contributed by atoms with Gasteiger partial charge in [-0.15, -0.1) is 6.58 Å². The summed E-state index contributed by atoms with van der Waals surface area (Å²) in [5.41, 5.74) is 0.955. The van der Waals surface area contributed by atoms with E-state index < -0.39 is 6.10 Å². The minimum absolute atomic E-state index is 0.0500. The van der Waals surface area contributed by atoms with Crippen molar-refractivity contribution in [3.63, 3.8) is 0 Å². The molecule has 1 atom stereocenters. The smallest absolute Gasteiger partial charge is 0.0598 e. The van der Waals surface area contributed by atoms with Crippen LogP contribution in [0.1, 0.15) is 19.8 Å². The Morgan fingerprint density at radius 3 is 2.56 bits per heavy atom. The Morgan fingerprint density at radius 2 is 2.22 bits per heavy atom. The highest BCUT2D eigenvalue weighted by Gasteiger charge is 2.01. The molecular formula is C7H14O2. The second kappa shape index (κ2) is 4.53. The summed E-state index contributed by atoms with van der Waals surface area (Å²) < 4.78 is 0. The maximum Gasteiger partial charge on any atom is 0.0598 e. The van der Waals surface area contributed by atoms with Gasteiger partial charge >= 0.3 is 0 Å². The number of rotatable bonds is 4. The summed E-state index contributed by atoms with van der Waals surface area (Å²) in [6.45, 7) is 5.55. The average molecular weight is 130 g/mol. The fourth-order valence-electron chi connectivity index (χ4n) is 0.653. The van der Waals surface area contributed by atoms with E-state index in [1.165, 1.54) is 0 Å². The first-order chi connectivity index (χ1) is 4.16. The van der Waals surface area contributed by atoms with Gasteiger partial charge in [0.15, 0.2) is 0 Å². The van der Waals surface area contributed by atoms with Crippen LogP contribution in [-0.2, 0) is 0 Å². The third-order valence-corrected chi connectivity index (χ3v) is 1.05. The Hall–Kier alpha value is -0.340. The summed E-state index contributed by atoms with van der Waals surface area (Å²) in [5, 5.41) is 17.4. The van der Waals surface area contributed by atoms with Crippen molar-refractivity contribution in [1.82, 2.24) is 0 Å². The molecule has 1 unspecified atom stereocenters. The zero-order chi connectivity index (χ0) is 7.28. The van der Waals surface area contributed by atoms with Gasteiger partial charge < -0.3 is 10.2 Å². The molecule has 54 valence electrons. The molecule has 9 heavy (non-hydrogen) atoms. The zero-order valence-electron chi connectivity index (χ0n) is 5.80. The van der Waals surface area contributed by atoms with E-state index in [-0.39, 0.29) is 6.61 Å². The van der Waals surface area contributed by atoms with Crippen molar-refractivity contribution in [1.29, 1.82) is 0 Å². The topological polar surface area (TPSA) is 40.5 Å². The predicted octanol–water partition coefficient (Wildman–Crippen LogP) is 0.696. The molecule has 0 heterocycles. The molecule has 0 aromatic rings. The first kappa shape index (κ1) is 8.66. The van der Waals surface area contributed by atoms with Gasteiger partial charge in [-0.3, -0.25) is 0 Å². The lowest BCUT2D eigenvalue weighted by Gasteiger charge is -2.06. The number of aliphatic hydroxyl groups excluding tert-OH is 2. The minimum Gasteiger partial charge on any atom is -0.396 e. The third kappa shape index (κ3) is 5.53. The van der Waals surface area contributed by atoms with Crippen molar-refractivity contribution in [2.75, 3.05) is 6.61 Å². The summed E-state index contributed by atoms with van der Waals surface area (Å²) in [7, 11) is 0. The number of hydrogen-bond donors (Lipinski definition) is 2. The molecular weight excluding hydrogens is 116 g/mol. The molecule has 0 saturated heterocycles. The largest absolute Gasteiger partial charge is 0.396 e. The van der Waals surface area contributed by atoms with Crippen molar-refractivity contribution in [3.05, 3.63) is 12.2 Å². The number of aliphatic hydroxyl groups is 2. The summed E-state index contributed by atoms with van der Waals surface area (Å²) in [6, 6.07) is 0. The summed E-state index contributed by atoms with van der Waals surface area (Å²) in [5.74, 6) is 0. The molecule has 2 N–H and O–H groups in total. The second-order valence-electron chi connectivity index (χ2n) is 2.33. The van der Waals surface area contributed by atoms with Crippen LogP contribution in [0.15, 0.2) is 12.2 Å². The predicted molar refractivity (Wildman–Crippen MR) is 37.1 cm³/mol. The Morgan fingerprint density at radius 1 is 1.67 bits per heavy atom. The molecule has 0 aromatic heterocycles. The molecule has 0 amide bonds. The molecule has 0 fully saturated rings. The fraction of sp³-hybridized carbons (Fsp3) is 0.714. The highest BCUT2D eigenvalue weighted by atomic mass is 16.3. The number of hydrogen-bond acceptors (Lipinski definition) is 2. The van der Waals surface area contributed by atoms with Crippen LogP contribution in [0.5, 0.6) is 0 Å². The molecule has 0 aliphatic rings. The van der Waals surface area contributed by atoms with E-state index in [4.69, 9.17) is 10.2 Å². The van der Waals surface area contributed by atoms with E-state index in [9.17, 15) is 0 Å². The molecule has 0 rings (SSSR count). The van der Waals surface area contributed by atoms with Crippen molar-refractivity contribution in [3.8, 4) is 0 Å². The van der Waals surface area contributed by atoms with Crippen LogP contribution in [0.3, 0.4) is 0 Å². The van der Waals surface area contributed by atoms with Crippen molar-refractivity contribution in [2.45, 2.75) is 25.9 Å². The quantitative estimate of drug-likeness (QED) is 0.550. The Labute approximate surface area is 55.8 Å². The molecule has 0 spiro atoms. The van der Waals surface area contributed by atoms with Crippen molar-refractivity contribution in [2.24, 2.45) is 0 Å². The van der Waals surface area contributed by atoms with Gasteiger partial charge in [0.05, 0.1) is 6.10 Å². The molecule has 0 bridgehead atoms. The standard InChI is InChI=1S/C7H14O2/c1-6(2)5-7(9)3-4-8/h7-9H,1,3-5H2,2H3. The van der Waals surface area contributed by atoms with E-state index in [2.05, 4.69) is 6.58 Å². The molecule has 2 nitrogen and oxygen atoms in total. The zero-order valence-corrected chi connectivity index (χ0v) is 5.80. The molecule has 0 aliphatic carbocycles. The van der Waals surface area contributed by atoms with Crippen LogP contribution >= 0.6 is 0 Å². The van der Waals surface area contributed by atoms with Gasteiger partial charge in [0.1, 0.15) is 0 Å². The molecule has 0 aliphatic heterocycles.